The second-order valence-corrected chi connectivity index (χ2v) is 20.7. The molecule has 1 aromatic carbocycles. The molecule has 3 aromatic heterocycles. The standard InChI is InChI=1S/C36H47ClN11O21P3/c37-28-30(39)44-29(38)23(43-28)31(55)45-34(40)41-14-18-7-5-17(6-8-18)4-2-1-3-11-46-22(50)10-13-48(36(46)57)33-27(54)25(52)20(67-33)16-65-71(60,61)69-72(62,63)68-70(58,59)64-15-19-24(51)26(53)32(66-19)47-12-9-21(49)42-35(47)56/h5-10,12-13,19-20,24-27,32-33,51-54H,1-4,11,14-16H2,(H,58,59)(H,60,61)(H,62,63)(H4,38,39,44)(H,42,49,56)(H3,40,41,45,55). The highest BCUT2D eigenvalue weighted by Crippen LogP contribution is 2.68. The summed E-state index contributed by atoms with van der Waals surface area (Å²) in [7, 11) is -17.6. The maximum atomic E-state index is 13.4. The number of aliphatic hydroxyl groups excluding tert-OH is 4. The average Bonchev–Trinajstić information content (AvgIpc) is 3.74. The molecule has 11 atom stereocenters. The Morgan fingerprint density at radius 2 is 1.32 bits per heavy atom. The molecule has 394 valence electrons. The molecular formula is C36H47ClN11O21P3. The Balaban J connectivity index is 0.940. The Kier molecular flexibility index (Phi) is 18.1. The molecule has 36 heteroatoms. The number of nitrogens with one attached hydrogen (secondary N) is 2. The fourth-order valence-corrected chi connectivity index (χ4v) is 10.6. The fourth-order valence-electron chi connectivity index (χ4n) is 7.00. The van der Waals surface area contributed by atoms with Crippen molar-refractivity contribution in [2.75, 3.05) is 24.7 Å². The van der Waals surface area contributed by atoms with E-state index in [1.54, 1.807) is 0 Å². The van der Waals surface area contributed by atoms with Gasteiger partial charge in [-0.1, -0.05) is 42.3 Å². The Hall–Kier alpha value is -5.34. The van der Waals surface area contributed by atoms with E-state index in [0.29, 0.717) is 30.3 Å². The number of nitrogens with two attached hydrogens (primary N) is 3. The summed E-state index contributed by atoms with van der Waals surface area (Å²) < 4.78 is 67.8. The first kappa shape index (κ1) is 56.0. The Morgan fingerprint density at radius 3 is 1.90 bits per heavy atom. The molecule has 0 saturated carbocycles. The smallest absolute Gasteiger partial charge is 0.387 e. The number of ether oxygens (including phenoxy) is 2. The second kappa shape index (κ2) is 23.3. The molecule has 32 nitrogen and oxygen atoms in total. The minimum Gasteiger partial charge on any atom is -0.387 e. The molecule has 2 saturated heterocycles. The fraction of sp³-hybridized carbons (Fsp3) is 0.444. The number of amides is 1. The maximum absolute atomic E-state index is 13.4. The van der Waals surface area contributed by atoms with Crippen molar-refractivity contribution in [3.63, 3.8) is 0 Å². The molecule has 0 bridgehead atoms. The van der Waals surface area contributed by atoms with E-state index >= 15 is 0 Å². The molecule has 6 rings (SSSR count). The van der Waals surface area contributed by atoms with E-state index in [1.807, 2.05) is 29.2 Å². The lowest BCUT2D eigenvalue weighted by molar-refractivity contribution is -0.0552. The van der Waals surface area contributed by atoms with Crippen LogP contribution < -0.4 is 45.0 Å². The molecule has 0 radical (unpaired) electrons. The molecule has 4 aromatic rings. The third-order valence-electron chi connectivity index (χ3n) is 10.5. The molecule has 5 heterocycles. The molecular weight excluding hydrogens is 1050 g/mol. The number of carbonyl (C=O) groups excluding carboxylic acids is 1. The first-order chi connectivity index (χ1) is 33.7. The molecule has 11 unspecified atom stereocenters. The molecule has 0 aliphatic carbocycles. The van der Waals surface area contributed by atoms with Crippen molar-refractivity contribution in [3.8, 4) is 0 Å². The van der Waals surface area contributed by atoms with Crippen LogP contribution in [0.3, 0.4) is 0 Å². The highest BCUT2D eigenvalue weighted by Gasteiger charge is 2.49. The van der Waals surface area contributed by atoms with Gasteiger partial charge in [0.2, 0.25) is 0 Å². The molecule has 2 aliphatic rings. The number of unbranched alkanes of at least 4 members (excludes halogenated alkanes) is 2. The first-order valence-electron chi connectivity index (χ1n) is 20.9. The normalized spacial score (nSPS) is 24.9. The molecule has 1 amide bonds. The number of nitrogens with zero attached hydrogens (tertiary/aromatic N) is 6. The Morgan fingerprint density at radius 1 is 0.764 bits per heavy atom. The van der Waals surface area contributed by atoms with Crippen LogP contribution in [0.2, 0.25) is 5.15 Å². The van der Waals surface area contributed by atoms with Gasteiger partial charge in [-0.25, -0.2) is 38.2 Å². The van der Waals surface area contributed by atoms with Crippen LogP contribution >= 0.6 is 35.1 Å². The number of aromatic nitrogens is 6. The summed E-state index contributed by atoms with van der Waals surface area (Å²) in [5.41, 5.74) is 15.0. The van der Waals surface area contributed by atoms with Gasteiger partial charge in [0.15, 0.2) is 40.9 Å². The van der Waals surface area contributed by atoms with E-state index < -0.39 is 114 Å². The maximum Gasteiger partial charge on any atom is 0.490 e. The number of aryl methyl sites for hydroxylation is 1. The van der Waals surface area contributed by atoms with E-state index in [9.17, 15) is 72.8 Å². The largest absolute Gasteiger partial charge is 0.490 e. The van der Waals surface area contributed by atoms with Crippen LogP contribution in [-0.2, 0) is 60.3 Å². The summed E-state index contributed by atoms with van der Waals surface area (Å²) in [6.45, 7) is -2.27. The molecule has 0 spiro atoms. The summed E-state index contributed by atoms with van der Waals surface area (Å²) in [5, 5.41) is 44.1. The van der Waals surface area contributed by atoms with Gasteiger partial charge in [-0.15, -0.1) is 0 Å². The average molecular weight is 1100 g/mol. The summed E-state index contributed by atoms with van der Waals surface area (Å²) >= 11 is 5.82. The van der Waals surface area contributed by atoms with Gasteiger partial charge in [-0.2, -0.15) is 8.62 Å². The van der Waals surface area contributed by atoms with E-state index in [-0.39, 0.29) is 41.5 Å². The van der Waals surface area contributed by atoms with Crippen LogP contribution in [0.4, 0.5) is 11.6 Å². The zero-order chi connectivity index (χ0) is 52.9. The number of guanidine groups is 1. The van der Waals surface area contributed by atoms with Crippen molar-refractivity contribution in [1.82, 2.24) is 34.0 Å². The van der Waals surface area contributed by atoms with Crippen LogP contribution in [0.25, 0.3) is 0 Å². The van der Waals surface area contributed by atoms with Crippen LogP contribution in [0, 0.1) is 0 Å². The predicted octanol–water partition coefficient (Wildman–Crippen LogP) is -2.57. The Bertz CT molecular complexity index is 3050. The van der Waals surface area contributed by atoms with E-state index in [0.717, 1.165) is 44.8 Å². The molecule has 72 heavy (non-hydrogen) atoms. The first-order valence-corrected chi connectivity index (χ1v) is 25.8. The summed E-state index contributed by atoms with van der Waals surface area (Å²) in [6, 6.07) is 9.24. The van der Waals surface area contributed by atoms with E-state index in [4.69, 9.17) is 38.3 Å². The number of rotatable bonds is 21. The number of aliphatic hydroxyl groups is 4. The number of phosphoric acid groups is 3. The monoisotopic (exact) mass is 1100 g/mol. The number of anilines is 2. The van der Waals surface area contributed by atoms with Gasteiger partial charge >= 0.3 is 34.8 Å². The van der Waals surface area contributed by atoms with Crippen molar-refractivity contribution in [2.45, 2.75) is 87.9 Å². The zero-order valence-corrected chi connectivity index (χ0v) is 40.3. The summed E-state index contributed by atoms with van der Waals surface area (Å²) in [5.74, 6) is -1.39. The number of carbonyl (C=O) groups is 1. The number of hydrogen-bond acceptors (Lipinski definition) is 23. The Labute approximate surface area is 408 Å². The van der Waals surface area contributed by atoms with Gasteiger partial charge in [-0.05, 0) is 30.4 Å². The van der Waals surface area contributed by atoms with Crippen LogP contribution in [0.1, 0.15) is 53.3 Å². The van der Waals surface area contributed by atoms with Crippen LogP contribution in [0.15, 0.2) is 73.0 Å². The zero-order valence-electron chi connectivity index (χ0n) is 36.9. The number of benzene rings is 1. The number of nitrogen functional groups attached to an aromatic ring is 2. The van der Waals surface area contributed by atoms with Crippen molar-refractivity contribution in [1.29, 1.82) is 0 Å². The summed E-state index contributed by atoms with van der Waals surface area (Å²) in [4.78, 5) is 106. The number of hydrogen-bond donors (Lipinski definition) is 12. The lowest BCUT2D eigenvalue weighted by Crippen LogP contribution is -2.43. The molecule has 2 aliphatic heterocycles. The molecule has 15 N–H and O–H groups in total. The minimum absolute atomic E-state index is 0.0589. The summed E-state index contributed by atoms with van der Waals surface area (Å²) in [6.07, 6.45) is -10.3. The molecule has 2 fully saturated rings. The van der Waals surface area contributed by atoms with Gasteiger partial charge < -0.3 is 61.8 Å². The number of halogens is 1. The van der Waals surface area contributed by atoms with E-state index in [1.165, 1.54) is 0 Å². The number of aromatic amines is 1. The van der Waals surface area contributed by atoms with Gasteiger partial charge in [0.25, 0.3) is 17.0 Å². The minimum atomic E-state index is -6.08. The van der Waals surface area contributed by atoms with Crippen molar-refractivity contribution >= 4 is 58.6 Å². The van der Waals surface area contributed by atoms with E-state index in [2.05, 4.69) is 37.9 Å². The van der Waals surface area contributed by atoms with Gasteiger partial charge in [-0.3, -0.25) is 47.4 Å². The highest BCUT2D eigenvalue weighted by atomic mass is 35.5. The van der Waals surface area contributed by atoms with Gasteiger partial charge in [0.1, 0.15) is 36.6 Å². The van der Waals surface area contributed by atoms with Crippen LogP contribution in [-0.4, -0.2) is 125 Å². The van der Waals surface area contributed by atoms with Crippen molar-refractivity contribution in [3.05, 3.63) is 112 Å². The SMILES string of the molecule is NC(=NCc1ccc(CCCCCn2c(=O)ccn(C3OC(COP(=O)(O)OP(=O)(O)OP(=O)(O)OCC4OC(n5ccc(=O)[nH]c5=O)C(O)C4O)C(O)C3O)c2=O)cc1)NC(=O)c1nc(Cl)c(N)nc1N. The lowest BCUT2D eigenvalue weighted by Gasteiger charge is -2.21. The lowest BCUT2D eigenvalue weighted by atomic mass is 10.1. The number of H-pyrrole nitrogens is 1. The van der Waals surface area contributed by atoms with Crippen LogP contribution in [0.5, 0.6) is 0 Å². The topological polar surface area (TPSA) is 492 Å². The van der Waals surface area contributed by atoms with Gasteiger partial charge in [0.05, 0.1) is 19.8 Å². The van der Waals surface area contributed by atoms with Gasteiger partial charge in [0, 0.05) is 31.1 Å². The number of phosphoric ester groups is 2. The second-order valence-electron chi connectivity index (χ2n) is 15.7. The third kappa shape index (κ3) is 14.2. The quantitative estimate of drug-likeness (QED) is 0.0177. The van der Waals surface area contributed by atoms with Crippen molar-refractivity contribution in [2.24, 2.45) is 10.7 Å². The predicted molar refractivity (Wildman–Crippen MR) is 244 cm³/mol. The van der Waals surface area contributed by atoms with Crippen molar-refractivity contribution < 1.29 is 80.7 Å². The highest BCUT2D eigenvalue weighted by molar-refractivity contribution is 7.66. The third-order valence-corrected chi connectivity index (χ3v) is 15.1. The number of aliphatic imine (C=N–C) groups is 1.